The summed E-state index contributed by atoms with van der Waals surface area (Å²) in [6.07, 6.45) is 6.68. The fourth-order valence-corrected chi connectivity index (χ4v) is 4.31. The van der Waals surface area contributed by atoms with Crippen molar-refractivity contribution in [1.82, 2.24) is 9.55 Å². The summed E-state index contributed by atoms with van der Waals surface area (Å²) in [7, 11) is 1.95. The van der Waals surface area contributed by atoms with Gasteiger partial charge in [0.05, 0.1) is 29.2 Å². The van der Waals surface area contributed by atoms with Crippen LogP contribution in [0.25, 0.3) is 21.8 Å². The Hall–Kier alpha value is -1.79. The van der Waals surface area contributed by atoms with E-state index in [2.05, 4.69) is 20.9 Å². The number of hydrogen-bond acceptors (Lipinski definition) is 3. The van der Waals surface area contributed by atoms with Crippen LogP contribution in [0, 0.1) is 0 Å². The molecule has 4 rings (SSSR count). The zero-order valence-electron chi connectivity index (χ0n) is 13.4. The molecule has 6 heteroatoms. The largest absolute Gasteiger partial charge is 0.391 e. The van der Waals surface area contributed by atoms with Gasteiger partial charge in [0.2, 0.25) is 5.52 Å². The number of halogens is 1. The number of nitrogens with zero attached hydrogens (tertiary/aromatic N) is 3. The Morgan fingerprint density at radius 2 is 2.12 bits per heavy atom. The Bertz CT molecular complexity index is 999. The predicted molar refractivity (Wildman–Crippen MR) is 95.9 cm³/mol. The minimum absolute atomic E-state index is 0.0857. The number of aromatic nitrogens is 3. The van der Waals surface area contributed by atoms with Crippen molar-refractivity contribution in [2.45, 2.75) is 37.8 Å². The van der Waals surface area contributed by atoms with E-state index in [-0.39, 0.29) is 11.6 Å². The highest BCUT2D eigenvalue weighted by Crippen LogP contribution is 2.30. The third kappa shape index (κ3) is 2.36. The fraction of sp³-hybridized carbons (Fsp3) is 0.389. The maximum Gasteiger partial charge on any atom is 0.261 e. The molecule has 1 aromatic carbocycles. The molecule has 0 radical (unpaired) electrons. The highest BCUT2D eigenvalue weighted by Gasteiger charge is 2.27. The molecule has 2 atom stereocenters. The Balaban J connectivity index is 2.02. The van der Waals surface area contributed by atoms with E-state index >= 15 is 0 Å². The summed E-state index contributed by atoms with van der Waals surface area (Å²) < 4.78 is 4.48. The molecule has 0 bridgehead atoms. The molecule has 1 aliphatic rings. The van der Waals surface area contributed by atoms with Gasteiger partial charge < -0.3 is 5.11 Å². The average Bonchev–Trinajstić information content (AvgIpc) is 2.57. The molecule has 0 saturated heterocycles. The van der Waals surface area contributed by atoms with Crippen LogP contribution in [-0.4, -0.2) is 20.8 Å². The second-order valence-corrected chi connectivity index (χ2v) is 7.37. The number of fused-ring (bicyclic) bond motifs is 3. The van der Waals surface area contributed by atoms with Crippen molar-refractivity contribution in [2.24, 2.45) is 7.05 Å². The molecule has 0 amide bonds. The molecule has 5 nitrogen and oxygen atoms in total. The summed E-state index contributed by atoms with van der Waals surface area (Å²) >= 11 is 3.58. The summed E-state index contributed by atoms with van der Waals surface area (Å²) in [4.78, 5) is 17.7. The molecular weight excluding hydrogens is 370 g/mol. The van der Waals surface area contributed by atoms with E-state index in [4.69, 9.17) is 0 Å². The first-order chi connectivity index (χ1) is 11.6. The predicted octanol–water partition coefficient (Wildman–Crippen LogP) is 2.61. The van der Waals surface area contributed by atoms with Gasteiger partial charge in [0.15, 0.2) is 6.20 Å². The Kier molecular flexibility index (Phi) is 3.89. The van der Waals surface area contributed by atoms with Crippen LogP contribution in [0.2, 0.25) is 0 Å². The molecule has 1 saturated carbocycles. The summed E-state index contributed by atoms with van der Waals surface area (Å²) in [5, 5.41) is 11.9. The van der Waals surface area contributed by atoms with Crippen molar-refractivity contribution >= 4 is 37.7 Å². The van der Waals surface area contributed by atoms with Gasteiger partial charge in [-0.15, -0.1) is 0 Å². The second kappa shape index (κ2) is 5.93. The molecule has 2 heterocycles. The maximum absolute atomic E-state index is 13.1. The Morgan fingerprint density at radius 3 is 2.92 bits per heavy atom. The lowest BCUT2D eigenvalue weighted by atomic mass is 9.92. The number of benzene rings is 1. The van der Waals surface area contributed by atoms with Crippen molar-refractivity contribution in [3.63, 3.8) is 0 Å². The fourth-order valence-electron chi connectivity index (χ4n) is 3.76. The molecule has 3 aromatic rings. The molecule has 124 valence electrons. The first-order valence-electron chi connectivity index (χ1n) is 8.23. The number of pyridine rings is 1. The molecule has 1 N–H and O–H groups in total. The van der Waals surface area contributed by atoms with E-state index in [1.807, 2.05) is 36.0 Å². The van der Waals surface area contributed by atoms with Crippen LogP contribution >= 0.6 is 15.9 Å². The Morgan fingerprint density at radius 1 is 1.33 bits per heavy atom. The van der Waals surface area contributed by atoms with Crippen LogP contribution in [-0.2, 0) is 7.05 Å². The molecule has 24 heavy (non-hydrogen) atoms. The van der Waals surface area contributed by atoms with Gasteiger partial charge in [-0.25, -0.2) is 4.98 Å². The lowest BCUT2D eigenvalue weighted by Gasteiger charge is -2.29. The van der Waals surface area contributed by atoms with Crippen LogP contribution in [0.1, 0.15) is 31.7 Å². The van der Waals surface area contributed by atoms with Gasteiger partial charge in [-0.2, -0.15) is 4.57 Å². The molecule has 0 unspecified atom stereocenters. The lowest BCUT2D eigenvalue weighted by molar-refractivity contribution is -0.644. The van der Waals surface area contributed by atoms with Crippen molar-refractivity contribution in [3.8, 4) is 0 Å². The summed E-state index contributed by atoms with van der Waals surface area (Å²) in [5.74, 6) is 0. The first-order valence-corrected chi connectivity index (χ1v) is 9.03. The second-order valence-electron chi connectivity index (χ2n) is 6.51. The van der Waals surface area contributed by atoms with Gasteiger partial charge in [-0.05, 0) is 40.9 Å². The van der Waals surface area contributed by atoms with E-state index in [1.54, 1.807) is 10.9 Å². The molecule has 0 spiro atoms. The third-order valence-corrected chi connectivity index (χ3v) is 5.67. The van der Waals surface area contributed by atoms with Gasteiger partial charge in [-0.3, -0.25) is 9.36 Å². The van der Waals surface area contributed by atoms with Gasteiger partial charge >= 0.3 is 0 Å². The molecule has 2 aromatic heterocycles. The van der Waals surface area contributed by atoms with Crippen LogP contribution < -0.4 is 10.1 Å². The zero-order chi connectivity index (χ0) is 16.8. The lowest BCUT2D eigenvalue weighted by Crippen LogP contribution is -2.35. The number of aryl methyl sites for hydroxylation is 1. The number of hydrogen-bond donors (Lipinski definition) is 1. The normalized spacial score (nSPS) is 21.5. The van der Waals surface area contributed by atoms with Crippen LogP contribution in [0.5, 0.6) is 0 Å². The quantitative estimate of drug-likeness (QED) is 0.514. The Labute approximate surface area is 147 Å². The highest BCUT2D eigenvalue weighted by molar-refractivity contribution is 9.10. The van der Waals surface area contributed by atoms with Crippen LogP contribution in [0.15, 0.2) is 40.0 Å². The van der Waals surface area contributed by atoms with E-state index in [0.29, 0.717) is 10.9 Å². The topological polar surface area (TPSA) is 59.0 Å². The minimum Gasteiger partial charge on any atom is -0.391 e. The van der Waals surface area contributed by atoms with Gasteiger partial charge in [0.1, 0.15) is 12.6 Å². The highest BCUT2D eigenvalue weighted by atomic mass is 79.9. The average molecular weight is 389 g/mol. The van der Waals surface area contributed by atoms with Crippen molar-refractivity contribution in [2.75, 3.05) is 0 Å². The van der Waals surface area contributed by atoms with E-state index in [9.17, 15) is 9.90 Å². The van der Waals surface area contributed by atoms with E-state index in [0.717, 1.165) is 41.1 Å². The van der Waals surface area contributed by atoms with Crippen LogP contribution in [0.3, 0.4) is 0 Å². The summed E-state index contributed by atoms with van der Waals surface area (Å²) in [6, 6.07) is 5.65. The maximum atomic E-state index is 13.1. The van der Waals surface area contributed by atoms with Gasteiger partial charge in [0.25, 0.3) is 5.56 Å². The summed E-state index contributed by atoms with van der Waals surface area (Å²) in [6.45, 7) is 0. The SMILES string of the molecule is C[n+]1cccc2c(Br)cc3c(=O)n([C@H]4CCCC[C@@H]4O)cnc3c21. The van der Waals surface area contributed by atoms with Crippen LogP contribution in [0.4, 0.5) is 0 Å². The van der Waals surface area contributed by atoms with Gasteiger partial charge in [-0.1, -0.05) is 12.8 Å². The molecule has 1 fully saturated rings. The zero-order valence-corrected chi connectivity index (χ0v) is 15.0. The number of aliphatic hydroxyl groups is 1. The number of rotatable bonds is 1. The van der Waals surface area contributed by atoms with Crippen molar-refractivity contribution in [1.29, 1.82) is 0 Å². The monoisotopic (exact) mass is 388 g/mol. The van der Waals surface area contributed by atoms with E-state index in [1.165, 1.54) is 0 Å². The van der Waals surface area contributed by atoms with Gasteiger partial charge in [0, 0.05) is 10.5 Å². The molecule has 1 aliphatic carbocycles. The standard InChI is InChI=1S/C18H19BrN3O2/c1-21-8-4-5-11-13(19)9-12-16(17(11)21)20-10-22(18(12)24)14-6-2-3-7-15(14)23/h4-5,8-10,14-15,23H,2-3,6-7H2,1H3/q+1/t14-,15-/m0/s1. The van der Waals surface area contributed by atoms with E-state index < -0.39 is 6.10 Å². The number of aliphatic hydroxyl groups excluding tert-OH is 1. The van der Waals surface area contributed by atoms with Crippen molar-refractivity contribution in [3.05, 3.63) is 45.5 Å². The minimum atomic E-state index is -0.476. The molecular formula is C18H19BrN3O2+. The molecule has 0 aliphatic heterocycles. The summed E-state index contributed by atoms with van der Waals surface area (Å²) in [5.41, 5.74) is 1.54. The van der Waals surface area contributed by atoms with Crippen molar-refractivity contribution < 1.29 is 9.67 Å². The first kappa shape index (κ1) is 15.7. The smallest absolute Gasteiger partial charge is 0.261 e. The third-order valence-electron chi connectivity index (χ3n) is 5.02.